The molecule has 0 bridgehead atoms. The van der Waals surface area contributed by atoms with Gasteiger partial charge in [0.1, 0.15) is 4.90 Å². The monoisotopic (exact) mass is 466 g/mol. The van der Waals surface area contributed by atoms with Crippen LogP contribution < -0.4 is 10.2 Å². The van der Waals surface area contributed by atoms with E-state index in [2.05, 4.69) is 20.7 Å². The van der Waals surface area contributed by atoms with Gasteiger partial charge in [-0.15, -0.1) is 4.40 Å². The number of carbonyl (C=O) groups is 1. The van der Waals surface area contributed by atoms with Crippen molar-refractivity contribution in [3.63, 3.8) is 0 Å². The number of amides is 1. The number of para-hydroxylation sites is 2. The standard InChI is InChI=1S/C25H30N4O3S/c30-25(26-21-10-4-5-11-22(21)28-15-7-1-2-8-16-28)19-13-17-29(18-14-19)24-20-9-3-6-12-23(20)33(31,32)27-24/h3-6,9-12,19H,1-2,7-8,13-18H2,(H,26,30). The minimum absolute atomic E-state index is 0.0401. The molecule has 0 atom stereocenters. The van der Waals surface area contributed by atoms with Crippen molar-refractivity contribution in [1.29, 1.82) is 0 Å². The second-order valence-electron chi connectivity index (χ2n) is 9.06. The van der Waals surface area contributed by atoms with E-state index in [9.17, 15) is 13.2 Å². The van der Waals surface area contributed by atoms with Gasteiger partial charge in [0, 0.05) is 37.7 Å². The van der Waals surface area contributed by atoms with Crippen molar-refractivity contribution in [3.05, 3.63) is 54.1 Å². The molecule has 0 aliphatic carbocycles. The maximum Gasteiger partial charge on any atom is 0.285 e. The summed E-state index contributed by atoms with van der Waals surface area (Å²) in [5, 5.41) is 3.19. The fraction of sp³-hybridized carbons (Fsp3) is 0.440. The van der Waals surface area contributed by atoms with Gasteiger partial charge in [-0.05, 0) is 49.9 Å². The normalized spacial score (nSPS) is 20.7. The molecule has 2 saturated heterocycles. The van der Waals surface area contributed by atoms with E-state index >= 15 is 0 Å². The first-order valence-electron chi connectivity index (χ1n) is 11.9. The summed E-state index contributed by atoms with van der Waals surface area (Å²) in [6.07, 6.45) is 6.23. The first-order chi connectivity index (χ1) is 16.0. The van der Waals surface area contributed by atoms with Gasteiger partial charge in [0.15, 0.2) is 5.84 Å². The SMILES string of the molecule is O=C(Nc1ccccc1N1CCCCCC1)C1CCN(C2=NS(=O)(=O)c3ccccc32)CC1. The highest BCUT2D eigenvalue weighted by Gasteiger charge is 2.34. The van der Waals surface area contributed by atoms with Gasteiger partial charge in [0.25, 0.3) is 10.0 Å². The molecule has 0 saturated carbocycles. The molecule has 8 heteroatoms. The first kappa shape index (κ1) is 21.9. The highest BCUT2D eigenvalue weighted by molar-refractivity contribution is 7.90. The van der Waals surface area contributed by atoms with Gasteiger partial charge >= 0.3 is 0 Å². The average Bonchev–Trinajstić information content (AvgIpc) is 2.99. The van der Waals surface area contributed by atoms with E-state index in [1.807, 2.05) is 29.2 Å². The number of amidine groups is 1. The zero-order valence-corrected chi connectivity index (χ0v) is 19.6. The second kappa shape index (κ2) is 9.17. The van der Waals surface area contributed by atoms with Crippen molar-refractivity contribution in [2.45, 2.75) is 43.4 Å². The minimum atomic E-state index is -3.63. The topological polar surface area (TPSA) is 82.1 Å². The highest BCUT2D eigenvalue weighted by Crippen LogP contribution is 2.31. The molecule has 0 radical (unpaired) electrons. The Morgan fingerprint density at radius 1 is 0.848 bits per heavy atom. The van der Waals surface area contributed by atoms with Crippen LogP contribution in [-0.4, -0.2) is 51.2 Å². The zero-order chi connectivity index (χ0) is 22.8. The predicted octanol–water partition coefficient (Wildman–Crippen LogP) is 3.87. The van der Waals surface area contributed by atoms with Gasteiger partial charge in [0.05, 0.1) is 11.4 Å². The number of piperidine rings is 1. The van der Waals surface area contributed by atoms with E-state index in [1.165, 1.54) is 25.7 Å². The summed E-state index contributed by atoms with van der Waals surface area (Å²) in [5.74, 6) is 0.446. The number of fused-ring (bicyclic) bond motifs is 1. The molecule has 2 aromatic carbocycles. The summed E-state index contributed by atoms with van der Waals surface area (Å²) >= 11 is 0. The summed E-state index contributed by atoms with van der Waals surface area (Å²) in [6.45, 7) is 3.26. The number of nitrogens with zero attached hydrogens (tertiary/aromatic N) is 3. The number of carbonyl (C=O) groups excluding carboxylic acids is 1. The van der Waals surface area contributed by atoms with Crippen LogP contribution in [0.5, 0.6) is 0 Å². The maximum absolute atomic E-state index is 13.1. The van der Waals surface area contributed by atoms with Crippen LogP contribution in [0.25, 0.3) is 0 Å². The van der Waals surface area contributed by atoms with Gasteiger partial charge in [-0.2, -0.15) is 8.42 Å². The molecule has 2 fully saturated rings. The van der Waals surface area contributed by atoms with E-state index in [0.717, 1.165) is 24.5 Å². The fourth-order valence-electron chi connectivity index (χ4n) is 5.07. The zero-order valence-electron chi connectivity index (χ0n) is 18.7. The van der Waals surface area contributed by atoms with Crippen molar-refractivity contribution >= 4 is 33.1 Å². The Morgan fingerprint density at radius 3 is 2.27 bits per heavy atom. The van der Waals surface area contributed by atoms with Gasteiger partial charge in [-0.1, -0.05) is 37.1 Å². The molecule has 3 aliphatic heterocycles. The van der Waals surface area contributed by atoms with Crippen molar-refractivity contribution < 1.29 is 13.2 Å². The molecule has 3 aliphatic rings. The fourth-order valence-corrected chi connectivity index (χ4v) is 6.30. The summed E-state index contributed by atoms with van der Waals surface area (Å²) in [4.78, 5) is 17.8. The smallest absolute Gasteiger partial charge is 0.285 e. The van der Waals surface area contributed by atoms with Crippen LogP contribution >= 0.6 is 0 Å². The molecule has 2 aromatic rings. The Bertz CT molecular complexity index is 1160. The largest absolute Gasteiger partial charge is 0.370 e. The summed E-state index contributed by atoms with van der Waals surface area (Å²) in [7, 11) is -3.63. The number of sulfonamides is 1. The quantitative estimate of drug-likeness (QED) is 0.743. The summed E-state index contributed by atoms with van der Waals surface area (Å²) in [5.41, 5.74) is 2.64. The van der Waals surface area contributed by atoms with Gasteiger partial charge in [-0.3, -0.25) is 4.79 Å². The van der Waals surface area contributed by atoms with Crippen LogP contribution in [0.4, 0.5) is 11.4 Å². The molecule has 1 N–H and O–H groups in total. The lowest BCUT2D eigenvalue weighted by molar-refractivity contribution is -0.120. The Labute approximate surface area is 195 Å². The first-order valence-corrected chi connectivity index (χ1v) is 13.3. The number of benzene rings is 2. The Kier molecular flexibility index (Phi) is 6.10. The number of likely N-dealkylation sites (tertiary alicyclic amines) is 1. The van der Waals surface area contributed by atoms with Crippen molar-refractivity contribution in [2.24, 2.45) is 10.3 Å². The molecule has 33 heavy (non-hydrogen) atoms. The maximum atomic E-state index is 13.1. The number of anilines is 2. The molecule has 0 unspecified atom stereocenters. The lowest BCUT2D eigenvalue weighted by Crippen LogP contribution is -2.41. The van der Waals surface area contributed by atoms with E-state index in [1.54, 1.807) is 18.2 Å². The molecular weight excluding hydrogens is 436 g/mol. The lowest BCUT2D eigenvalue weighted by Gasteiger charge is -2.33. The van der Waals surface area contributed by atoms with Gasteiger partial charge in [-0.25, -0.2) is 0 Å². The predicted molar refractivity (Wildman–Crippen MR) is 130 cm³/mol. The van der Waals surface area contributed by atoms with Crippen molar-refractivity contribution in [3.8, 4) is 0 Å². The van der Waals surface area contributed by atoms with Crippen molar-refractivity contribution in [2.75, 3.05) is 36.4 Å². The second-order valence-corrected chi connectivity index (χ2v) is 10.6. The number of rotatable bonds is 3. The van der Waals surface area contributed by atoms with Crippen LogP contribution in [0.1, 0.15) is 44.1 Å². The Morgan fingerprint density at radius 2 is 1.52 bits per heavy atom. The van der Waals surface area contributed by atoms with E-state index in [0.29, 0.717) is 37.3 Å². The van der Waals surface area contributed by atoms with E-state index in [-0.39, 0.29) is 16.7 Å². The van der Waals surface area contributed by atoms with Gasteiger partial charge in [0.2, 0.25) is 5.91 Å². The average molecular weight is 467 g/mol. The number of hydrogen-bond acceptors (Lipinski definition) is 5. The third-order valence-corrected chi connectivity index (χ3v) is 8.21. The molecule has 174 valence electrons. The summed E-state index contributed by atoms with van der Waals surface area (Å²) in [6, 6.07) is 15.0. The van der Waals surface area contributed by atoms with E-state index < -0.39 is 10.0 Å². The van der Waals surface area contributed by atoms with E-state index in [4.69, 9.17) is 0 Å². The molecule has 0 aromatic heterocycles. The Balaban J connectivity index is 1.25. The molecule has 3 heterocycles. The van der Waals surface area contributed by atoms with Gasteiger partial charge < -0.3 is 15.1 Å². The van der Waals surface area contributed by atoms with Crippen LogP contribution in [-0.2, 0) is 14.8 Å². The lowest BCUT2D eigenvalue weighted by atomic mass is 9.95. The minimum Gasteiger partial charge on any atom is -0.370 e. The molecule has 5 rings (SSSR count). The summed E-state index contributed by atoms with van der Waals surface area (Å²) < 4.78 is 28.8. The van der Waals surface area contributed by atoms with Crippen LogP contribution in [0.3, 0.4) is 0 Å². The van der Waals surface area contributed by atoms with Crippen molar-refractivity contribution in [1.82, 2.24) is 4.90 Å². The highest BCUT2D eigenvalue weighted by atomic mass is 32.2. The number of hydrogen-bond donors (Lipinski definition) is 1. The molecule has 7 nitrogen and oxygen atoms in total. The van der Waals surface area contributed by atoms with Crippen LogP contribution in [0.2, 0.25) is 0 Å². The van der Waals surface area contributed by atoms with Crippen LogP contribution in [0, 0.1) is 5.92 Å². The Hall–Kier alpha value is -2.87. The molecule has 0 spiro atoms. The number of nitrogens with one attached hydrogen (secondary N) is 1. The van der Waals surface area contributed by atoms with Crippen LogP contribution in [0.15, 0.2) is 57.8 Å². The third kappa shape index (κ3) is 4.49. The molecule has 1 amide bonds. The molecular formula is C25H30N4O3S. The third-order valence-electron chi connectivity index (χ3n) is 6.89.